The molecule has 1 fully saturated rings. The quantitative estimate of drug-likeness (QED) is 0.628. The molecule has 3 aromatic rings. The Balaban J connectivity index is 1.80. The lowest BCUT2D eigenvalue weighted by molar-refractivity contribution is -0.137. The molecule has 4 rings (SSSR count). The first-order chi connectivity index (χ1) is 13.5. The number of benzene rings is 2. The van der Waals surface area contributed by atoms with Gasteiger partial charge in [-0.1, -0.05) is 37.3 Å². The van der Waals surface area contributed by atoms with Crippen LogP contribution in [-0.4, -0.2) is 42.6 Å². The minimum Gasteiger partial charge on any atom is -0.354 e. The highest BCUT2D eigenvalue weighted by atomic mass is 19.4. The van der Waals surface area contributed by atoms with Crippen LogP contribution in [0.4, 0.5) is 19.0 Å². The number of hydrogen-bond acceptors (Lipinski definition) is 3. The fourth-order valence-electron chi connectivity index (χ4n) is 3.72. The summed E-state index contributed by atoms with van der Waals surface area (Å²) in [6.45, 7) is 6.82. The number of para-hydroxylation sites is 1. The molecule has 0 N–H and O–H groups in total. The molecule has 1 aromatic heterocycles. The van der Waals surface area contributed by atoms with Gasteiger partial charge in [0.25, 0.3) is 0 Å². The zero-order valence-electron chi connectivity index (χ0n) is 15.7. The summed E-state index contributed by atoms with van der Waals surface area (Å²) in [5.41, 5.74) is 1.50. The second-order valence-electron chi connectivity index (χ2n) is 7.05. The Labute approximate surface area is 162 Å². The van der Waals surface area contributed by atoms with Crippen molar-refractivity contribution in [1.29, 1.82) is 0 Å². The van der Waals surface area contributed by atoms with Gasteiger partial charge in [-0.05, 0) is 41.9 Å². The van der Waals surface area contributed by atoms with Crippen LogP contribution in [-0.2, 0) is 6.18 Å². The van der Waals surface area contributed by atoms with Crippen molar-refractivity contribution in [2.45, 2.75) is 13.1 Å². The highest BCUT2D eigenvalue weighted by Gasteiger charge is 2.30. The van der Waals surface area contributed by atoms with E-state index in [4.69, 9.17) is 4.98 Å². The average molecular weight is 385 g/mol. The average Bonchev–Trinajstić information content (AvgIpc) is 2.72. The molecular formula is C22H22F3N3. The van der Waals surface area contributed by atoms with E-state index in [0.29, 0.717) is 5.56 Å². The van der Waals surface area contributed by atoms with E-state index in [1.165, 1.54) is 12.1 Å². The molecule has 6 heteroatoms. The molecule has 28 heavy (non-hydrogen) atoms. The van der Waals surface area contributed by atoms with Crippen LogP contribution >= 0.6 is 0 Å². The van der Waals surface area contributed by atoms with Crippen molar-refractivity contribution in [3.63, 3.8) is 0 Å². The maximum absolute atomic E-state index is 13.2. The molecule has 0 radical (unpaired) electrons. The molecule has 3 nitrogen and oxygen atoms in total. The monoisotopic (exact) mass is 385 g/mol. The van der Waals surface area contributed by atoms with Gasteiger partial charge in [0.1, 0.15) is 5.82 Å². The van der Waals surface area contributed by atoms with Crippen molar-refractivity contribution >= 4 is 16.7 Å². The van der Waals surface area contributed by atoms with E-state index < -0.39 is 11.7 Å². The highest BCUT2D eigenvalue weighted by Crippen LogP contribution is 2.36. The van der Waals surface area contributed by atoms with Crippen molar-refractivity contribution in [2.75, 3.05) is 37.6 Å². The lowest BCUT2D eigenvalue weighted by Crippen LogP contribution is -2.46. The van der Waals surface area contributed by atoms with Gasteiger partial charge in [0.15, 0.2) is 0 Å². The van der Waals surface area contributed by atoms with Crippen molar-refractivity contribution in [2.24, 2.45) is 0 Å². The van der Waals surface area contributed by atoms with Crippen LogP contribution in [0.1, 0.15) is 12.5 Å². The summed E-state index contributed by atoms with van der Waals surface area (Å²) < 4.78 is 39.6. The van der Waals surface area contributed by atoms with Gasteiger partial charge in [0.05, 0.1) is 11.1 Å². The summed E-state index contributed by atoms with van der Waals surface area (Å²) in [5.74, 6) is 0.821. The molecule has 1 aliphatic heterocycles. The molecule has 0 aliphatic carbocycles. The lowest BCUT2D eigenvalue weighted by Gasteiger charge is -2.35. The molecule has 146 valence electrons. The van der Waals surface area contributed by atoms with Crippen LogP contribution < -0.4 is 4.90 Å². The maximum Gasteiger partial charge on any atom is 0.416 e. The first kappa shape index (κ1) is 18.7. The molecule has 0 bridgehead atoms. The number of pyridine rings is 1. The molecule has 0 spiro atoms. The number of rotatable bonds is 3. The Kier molecular flexibility index (Phi) is 4.98. The Morgan fingerprint density at radius 1 is 0.929 bits per heavy atom. The Morgan fingerprint density at radius 3 is 2.39 bits per heavy atom. The van der Waals surface area contributed by atoms with Crippen LogP contribution in [0, 0.1) is 0 Å². The van der Waals surface area contributed by atoms with Crippen molar-refractivity contribution < 1.29 is 13.2 Å². The van der Waals surface area contributed by atoms with Gasteiger partial charge in [-0.25, -0.2) is 4.98 Å². The van der Waals surface area contributed by atoms with E-state index in [9.17, 15) is 13.2 Å². The third-order valence-corrected chi connectivity index (χ3v) is 5.35. The largest absolute Gasteiger partial charge is 0.416 e. The van der Waals surface area contributed by atoms with Crippen LogP contribution in [0.25, 0.3) is 22.0 Å². The van der Waals surface area contributed by atoms with Crippen molar-refractivity contribution in [1.82, 2.24) is 9.88 Å². The van der Waals surface area contributed by atoms with Crippen LogP contribution in [0.3, 0.4) is 0 Å². The van der Waals surface area contributed by atoms with Crippen molar-refractivity contribution in [3.05, 3.63) is 60.2 Å². The van der Waals surface area contributed by atoms with E-state index in [1.54, 1.807) is 6.07 Å². The number of aromatic nitrogens is 1. The SMILES string of the molecule is CCN1CCN(c2cc(-c3cccc(C(F)(F)F)c3)c3ccccc3n2)CC1. The molecule has 0 atom stereocenters. The summed E-state index contributed by atoms with van der Waals surface area (Å²) in [5, 5.41) is 0.859. The molecule has 0 saturated carbocycles. The standard InChI is InChI=1S/C22H22F3N3/c1-2-27-10-12-28(13-11-27)21-15-19(18-8-3-4-9-20(18)26-21)16-6-5-7-17(14-16)22(23,24)25/h3-9,14-15H,2,10-13H2,1H3. The molecule has 2 heterocycles. The molecule has 0 amide bonds. The molecular weight excluding hydrogens is 363 g/mol. The number of likely N-dealkylation sites (N-methyl/N-ethyl adjacent to an activating group) is 1. The van der Waals surface area contributed by atoms with Gasteiger partial charge in [-0.3, -0.25) is 0 Å². The van der Waals surface area contributed by atoms with E-state index in [-0.39, 0.29) is 0 Å². The number of alkyl halides is 3. The normalized spacial score (nSPS) is 15.9. The second kappa shape index (κ2) is 7.43. The van der Waals surface area contributed by atoms with Gasteiger partial charge < -0.3 is 9.80 Å². The maximum atomic E-state index is 13.2. The van der Waals surface area contributed by atoms with Gasteiger partial charge in [0, 0.05) is 31.6 Å². The minimum absolute atomic E-state index is 0.557. The topological polar surface area (TPSA) is 19.4 Å². The van der Waals surface area contributed by atoms with Crippen LogP contribution in [0.15, 0.2) is 54.6 Å². The van der Waals surface area contributed by atoms with Crippen LogP contribution in [0.2, 0.25) is 0 Å². The Bertz CT molecular complexity index is 976. The zero-order valence-corrected chi connectivity index (χ0v) is 15.7. The smallest absolute Gasteiger partial charge is 0.354 e. The fraction of sp³-hybridized carbons (Fsp3) is 0.318. The molecule has 0 unspecified atom stereocenters. The van der Waals surface area contributed by atoms with E-state index >= 15 is 0 Å². The molecule has 1 aliphatic rings. The summed E-state index contributed by atoms with van der Waals surface area (Å²) in [6.07, 6.45) is -4.36. The van der Waals surface area contributed by atoms with E-state index in [0.717, 1.165) is 61.1 Å². The highest BCUT2D eigenvalue weighted by molar-refractivity contribution is 5.96. The summed E-state index contributed by atoms with van der Waals surface area (Å²) >= 11 is 0. The van der Waals surface area contributed by atoms with Gasteiger partial charge in [-0.2, -0.15) is 13.2 Å². The number of nitrogens with zero attached hydrogens (tertiary/aromatic N) is 3. The van der Waals surface area contributed by atoms with E-state index in [1.807, 2.05) is 30.3 Å². The first-order valence-electron chi connectivity index (χ1n) is 9.50. The predicted molar refractivity (Wildman–Crippen MR) is 107 cm³/mol. The third-order valence-electron chi connectivity index (χ3n) is 5.35. The van der Waals surface area contributed by atoms with Crippen LogP contribution in [0.5, 0.6) is 0 Å². The van der Waals surface area contributed by atoms with Gasteiger partial charge >= 0.3 is 6.18 Å². The Hall–Kier alpha value is -2.60. The van der Waals surface area contributed by atoms with Crippen molar-refractivity contribution in [3.8, 4) is 11.1 Å². The second-order valence-corrected chi connectivity index (χ2v) is 7.05. The lowest BCUT2D eigenvalue weighted by atomic mass is 9.99. The predicted octanol–water partition coefficient (Wildman–Crippen LogP) is 5.06. The molecule has 1 saturated heterocycles. The van der Waals surface area contributed by atoms with E-state index in [2.05, 4.69) is 16.7 Å². The first-order valence-corrected chi connectivity index (χ1v) is 9.50. The molecule has 2 aromatic carbocycles. The van der Waals surface area contributed by atoms with Gasteiger partial charge in [0.2, 0.25) is 0 Å². The zero-order chi connectivity index (χ0) is 19.7. The third kappa shape index (κ3) is 3.69. The number of halogens is 3. The summed E-state index contributed by atoms with van der Waals surface area (Å²) in [4.78, 5) is 9.39. The number of fused-ring (bicyclic) bond motifs is 1. The number of piperazine rings is 1. The Morgan fingerprint density at radius 2 is 1.68 bits per heavy atom. The minimum atomic E-state index is -4.36. The summed E-state index contributed by atoms with van der Waals surface area (Å²) in [7, 11) is 0. The number of anilines is 1. The number of hydrogen-bond donors (Lipinski definition) is 0. The fourth-order valence-corrected chi connectivity index (χ4v) is 3.72. The van der Waals surface area contributed by atoms with Gasteiger partial charge in [-0.15, -0.1) is 0 Å². The summed E-state index contributed by atoms with van der Waals surface area (Å²) in [6, 6.07) is 15.1.